The van der Waals surface area contributed by atoms with Crippen LogP contribution < -0.4 is 10.6 Å². The van der Waals surface area contributed by atoms with E-state index >= 15 is 0 Å². The predicted octanol–water partition coefficient (Wildman–Crippen LogP) is 3.06. The molecule has 0 fully saturated rings. The first-order valence-electron chi connectivity index (χ1n) is 6.82. The van der Waals surface area contributed by atoms with Gasteiger partial charge in [-0.15, -0.1) is 0 Å². The Balaban J connectivity index is 2.07. The van der Waals surface area contributed by atoms with Crippen molar-refractivity contribution >= 4 is 17.5 Å². The molecule has 0 aliphatic rings. The molecule has 5 heteroatoms. The SMILES string of the molecule is Cc1cccc(Nc2ncc(C(=O)NC(C)(C)C)cn2)c1. The lowest BCUT2D eigenvalue weighted by Gasteiger charge is -2.20. The Kier molecular flexibility index (Phi) is 4.21. The summed E-state index contributed by atoms with van der Waals surface area (Å²) >= 11 is 0. The van der Waals surface area contributed by atoms with Crippen molar-refractivity contribution in [2.24, 2.45) is 0 Å². The van der Waals surface area contributed by atoms with Crippen LogP contribution in [-0.4, -0.2) is 21.4 Å². The molecule has 2 aromatic rings. The zero-order chi connectivity index (χ0) is 15.5. The van der Waals surface area contributed by atoms with Gasteiger partial charge in [-0.05, 0) is 45.4 Å². The number of carbonyl (C=O) groups is 1. The zero-order valence-corrected chi connectivity index (χ0v) is 12.8. The van der Waals surface area contributed by atoms with Crippen LogP contribution in [0.2, 0.25) is 0 Å². The lowest BCUT2D eigenvalue weighted by molar-refractivity contribution is 0.0919. The molecule has 1 amide bonds. The first kappa shape index (κ1) is 15.0. The highest BCUT2D eigenvalue weighted by Crippen LogP contribution is 2.14. The van der Waals surface area contributed by atoms with E-state index in [2.05, 4.69) is 20.6 Å². The van der Waals surface area contributed by atoms with Crippen molar-refractivity contribution in [2.75, 3.05) is 5.32 Å². The molecule has 110 valence electrons. The van der Waals surface area contributed by atoms with E-state index in [-0.39, 0.29) is 11.4 Å². The van der Waals surface area contributed by atoms with Gasteiger partial charge in [-0.1, -0.05) is 12.1 Å². The van der Waals surface area contributed by atoms with E-state index in [0.29, 0.717) is 11.5 Å². The van der Waals surface area contributed by atoms with Gasteiger partial charge in [0, 0.05) is 23.6 Å². The molecule has 2 rings (SSSR count). The third-order valence-corrected chi connectivity index (χ3v) is 2.68. The molecule has 0 unspecified atom stereocenters. The summed E-state index contributed by atoms with van der Waals surface area (Å²) in [6, 6.07) is 7.93. The monoisotopic (exact) mass is 284 g/mol. The van der Waals surface area contributed by atoms with E-state index in [1.165, 1.54) is 12.4 Å². The van der Waals surface area contributed by atoms with E-state index < -0.39 is 0 Å². The maximum Gasteiger partial charge on any atom is 0.254 e. The fourth-order valence-electron chi connectivity index (χ4n) is 1.77. The van der Waals surface area contributed by atoms with Crippen molar-refractivity contribution in [3.05, 3.63) is 47.8 Å². The van der Waals surface area contributed by atoms with E-state index in [1.54, 1.807) is 0 Å². The molecule has 5 nitrogen and oxygen atoms in total. The molecule has 0 aliphatic carbocycles. The molecule has 0 aliphatic heterocycles. The van der Waals surface area contributed by atoms with Crippen LogP contribution >= 0.6 is 0 Å². The Morgan fingerprint density at radius 1 is 1.14 bits per heavy atom. The molecule has 21 heavy (non-hydrogen) atoms. The van der Waals surface area contributed by atoms with E-state index in [1.807, 2.05) is 52.0 Å². The number of anilines is 2. The average Bonchev–Trinajstić information content (AvgIpc) is 2.37. The van der Waals surface area contributed by atoms with Gasteiger partial charge in [-0.25, -0.2) is 9.97 Å². The minimum atomic E-state index is -0.282. The summed E-state index contributed by atoms with van der Waals surface area (Å²) < 4.78 is 0. The number of hydrogen-bond donors (Lipinski definition) is 2. The van der Waals surface area contributed by atoms with Crippen LogP contribution in [0.1, 0.15) is 36.7 Å². The summed E-state index contributed by atoms with van der Waals surface area (Å²) in [6.07, 6.45) is 3.04. The van der Waals surface area contributed by atoms with Gasteiger partial charge in [-0.2, -0.15) is 0 Å². The summed E-state index contributed by atoms with van der Waals surface area (Å²) in [6.45, 7) is 7.81. The van der Waals surface area contributed by atoms with Gasteiger partial charge >= 0.3 is 0 Å². The smallest absolute Gasteiger partial charge is 0.254 e. The van der Waals surface area contributed by atoms with Crippen molar-refractivity contribution in [2.45, 2.75) is 33.2 Å². The van der Waals surface area contributed by atoms with Crippen molar-refractivity contribution in [3.8, 4) is 0 Å². The van der Waals surface area contributed by atoms with Gasteiger partial charge in [0.15, 0.2) is 0 Å². The van der Waals surface area contributed by atoms with Gasteiger partial charge in [-0.3, -0.25) is 4.79 Å². The standard InChI is InChI=1S/C16H20N4O/c1-11-6-5-7-13(8-11)19-15-17-9-12(10-18-15)14(21)20-16(2,3)4/h5-10H,1-4H3,(H,20,21)(H,17,18,19). The van der Waals surface area contributed by atoms with Crippen LogP contribution in [0.4, 0.5) is 11.6 Å². The highest BCUT2D eigenvalue weighted by atomic mass is 16.1. The second kappa shape index (κ2) is 5.91. The highest BCUT2D eigenvalue weighted by Gasteiger charge is 2.15. The van der Waals surface area contributed by atoms with E-state index in [9.17, 15) is 4.79 Å². The van der Waals surface area contributed by atoms with E-state index in [4.69, 9.17) is 0 Å². The molecule has 1 aromatic carbocycles. The molecule has 1 heterocycles. The Hall–Kier alpha value is -2.43. The van der Waals surface area contributed by atoms with Crippen LogP contribution in [0.3, 0.4) is 0 Å². The Morgan fingerprint density at radius 3 is 2.38 bits per heavy atom. The summed E-state index contributed by atoms with van der Waals surface area (Å²) in [5, 5.41) is 5.98. The summed E-state index contributed by atoms with van der Waals surface area (Å²) in [5.74, 6) is 0.289. The molecular weight excluding hydrogens is 264 g/mol. The van der Waals surface area contributed by atoms with Gasteiger partial charge in [0.2, 0.25) is 5.95 Å². The highest BCUT2D eigenvalue weighted by molar-refractivity contribution is 5.94. The number of aryl methyl sites for hydroxylation is 1. The fraction of sp³-hybridized carbons (Fsp3) is 0.312. The lowest BCUT2D eigenvalue weighted by Crippen LogP contribution is -2.40. The number of nitrogens with zero attached hydrogens (tertiary/aromatic N) is 2. The van der Waals surface area contributed by atoms with Crippen LogP contribution in [0.15, 0.2) is 36.7 Å². The first-order chi connectivity index (χ1) is 9.83. The largest absolute Gasteiger partial charge is 0.347 e. The number of hydrogen-bond acceptors (Lipinski definition) is 4. The molecule has 0 saturated heterocycles. The van der Waals surface area contributed by atoms with Crippen LogP contribution in [0, 0.1) is 6.92 Å². The van der Waals surface area contributed by atoms with Crippen molar-refractivity contribution in [1.29, 1.82) is 0 Å². The quantitative estimate of drug-likeness (QED) is 0.909. The molecule has 0 saturated carbocycles. The second-order valence-corrected chi connectivity index (χ2v) is 5.99. The fourth-order valence-corrected chi connectivity index (χ4v) is 1.77. The maximum absolute atomic E-state index is 12.0. The van der Waals surface area contributed by atoms with Gasteiger partial charge in [0.25, 0.3) is 5.91 Å². The Bertz CT molecular complexity index is 629. The number of aromatic nitrogens is 2. The van der Waals surface area contributed by atoms with Gasteiger partial charge in [0.1, 0.15) is 0 Å². The van der Waals surface area contributed by atoms with Crippen molar-refractivity contribution in [1.82, 2.24) is 15.3 Å². The minimum absolute atomic E-state index is 0.176. The molecular formula is C16H20N4O. The number of carbonyl (C=O) groups excluding carboxylic acids is 1. The topological polar surface area (TPSA) is 66.9 Å². The second-order valence-electron chi connectivity index (χ2n) is 5.99. The molecule has 0 spiro atoms. The summed E-state index contributed by atoms with van der Waals surface area (Å²) in [5.41, 5.74) is 2.23. The average molecular weight is 284 g/mol. The van der Waals surface area contributed by atoms with E-state index in [0.717, 1.165) is 11.3 Å². The third-order valence-electron chi connectivity index (χ3n) is 2.68. The number of nitrogens with one attached hydrogen (secondary N) is 2. The molecule has 1 aromatic heterocycles. The Labute approximate surface area is 124 Å². The first-order valence-corrected chi connectivity index (χ1v) is 6.82. The van der Waals surface area contributed by atoms with Crippen molar-refractivity contribution in [3.63, 3.8) is 0 Å². The number of amides is 1. The Morgan fingerprint density at radius 2 is 1.81 bits per heavy atom. The molecule has 0 atom stereocenters. The third kappa shape index (κ3) is 4.56. The van der Waals surface area contributed by atoms with Gasteiger partial charge < -0.3 is 10.6 Å². The summed E-state index contributed by atoms with van der Waals surface area (Å²) in [4.78, 5) is 20.3. The lowest BCUT2D eigenvalue weighted by atomic mass is 10.1. The summed E-state index contributed by atoms with van der Waals surface area (Å²) in [7, 11) is 0. The molecule has 0 bridgehead atoms. The van der Waals surface area contributed by atoms with Crippen molar-refractivity contribution < 1.29 is 4.79 Å². The maximum atomic E-state index is 12.0. The van der Waals surface area contributed by atoms with Crippen LogP contribution in [0.25, 0.3) is 0 Å². The number of benzene rings is 1. The number of rotatable bonds is 3. The van der Waals surface area contributed by atoms with Crippen LogP contribution in [0.5, 0.6) is 0 Å². The molecule has 0 radical (unpaired) electrons. The van der Waals surface area contributed by atoms with Gasteiger partial charge in [0.05, 0.1) is 5.56 Å². The minimum Gasteiger partial charge on any atom is -0.347 e. The normalized spacial score (nSPS) is 11.0. The molecule has 2 N–H and O–H groups in total. The predicted molar refractivity (Wildman–Crippen MR) is 83.7 cm³/mol. The van der Waals surface area contributed by atoms with Crippen LogP contribution in [-0.2, 0) is 0 Å². The zero-order valence-electron chi connectivity index (χ0n) is 12.8.